The van der Waals surface area contributed by atoms with E-state index in [1.807, 2.05) is 12.4 Å². The first-order valence-corrected chi connectivity index (χ1v) is 8.69. The predicted octanol–water partition coefficient (Wildman–Crippen LogP) is 4.77. The third-order valence-electron chi connectivity index (χ3n) is 5.42. The summed E-state index contributed by atoms with van der Waals surface area (Å²) in [6.07, 6.45) is 10.6. The summed E-state index contributed by atoms with van der Waals surface area (Å²) < 4.78 is 0. The van der Waals surface area contributed by atoms with Gasteiger partial charge in [0.2, 0.25) is 0 Å². The van der Waals surface area contributed by atoms with Gasteiger partial charge in [-0.25, -0.2) is 0 Å². The van der Waals surface area contributed by atoms with Crippen molar-refractivity contribution >= 4 is 0 Å². The van der Waals surface area contributed by atoms with E-state index in [9.17, 15) is 0 Å². The summed E-state index contributed by atoms with van der Waals surface area (Å²) in [4.78, 5) is 4.17. The van der Waals surface area contributed by atoms with Gasteiger partial charge in [-0.3, -0.25) is 4.98 Å². The molecule has 118 valence electrons. The van der Waals surface area contributed by atoms with Gasteiger partial charge in [-0.2, -0.15) is 0 Å². The summed E-state index contributed by atoms with van der Waals surface area (Å²) in [6, 6.07) is 4.94. The molecule has 0 bridgehead atoms. The van der Waals surface area contributed by atoms with Crippen LogP contribution in [0.1, 0.15) is 71.3 Å². The lowest BCUT2D eigenvalue weighted by molar-refractivity contribution is 0.0891. The molecule has 21 heavy (non-hydrogen) atoms. The van der Waals surface area contributed by atoms with Crippen molar-refractivity contribution in [2.45, 2.75) is 71.8 Å². The monoisotopic (exact) mass is 288 g/mol. The van der Waals surface area contributed by atoms with Crippen LogP contribution in [0, 0.1) is 11.3 Å². The highest BCUT2D eigenvalue weighted by atomic mass is 14.9. The first kappa shape index (κ1) is 16.5. The largest absolute Gasteiger partial charge is 0.313 e. The molecule has 2 rings (SSSR count). The molecule has 0 aromatic carbocycles. The van der Waals surface area contributed by atoms with Gasteiger partial charge in [0.05, 0.1) is 0 Å². The van der Waals surface area contributed by atoms with Crippen LogP contribution in [-0.4, -0.2) is 17.6 Å². The average molecular weight is 288 g/mol. The Labute approximate surface area is 130 Å². The summed E-state index contributed by atoms with van der Waals surface area (Å²) >= 11 is 0. The van der Waals surface area contributed by atoms with Crippen LogP contribution in [0.5, 0.6) is 0 Å². The molecular weight excluding hydrogens is 256 g/mol. The van der Waals surface area contributed by atoms with Gasteiger partial charge in [0, 0.05) is 18.4 Å². The molecule has 0 amide bonds. The summed E-state index contributed by atoms with van der Waals surface area (Å²) in [5, 5.41) is 3.87. The molecule has 0 radical (unpaired) electrons. The number of pyridine rings is 1. The summed E-state index contributed by atoms with van der Waals surface area (Å²) in [5.74, 6) is 1.31. The Morgan fingerprint density at radius 1 is 1.29 bits per heavy atom. The summed E-state index contributed by atoms with van der Waals surface area (Å²) in [5.41, 5.74) is 1.87. The van der Waals surface area contributed by atoms with E-state index in [2.05, 4.69) is 50.1 Å². The Balaban J connectivity index is 2.20. The molecule has 1 aromatic rings. The van der Waals surface area contributed by atoms with Gasteiger partial charge >= 0.3 is 0 Å². The van der Waals surface area contributed by atoms with E-state index in [0.29, 0.717) is 17.4 Å². The van der Waals surface area contributed by atoms with Crippen LogP contribution in [-0.2, 0) is 0 Å². The Kier molecular flexibility index (Phi) is 5.80. The van der Waals surface area contributed by atoms with Gasteiger partial charge in [-0.05, 0) is 60.8 Å². The zero-order chi connectivity index (χ0) is 15.3. The number of aromatic nitrogens is 1. The highest BCUT2D eigenvalue weighted by Crippen LogP contribution is 2.45. The minimum Gasteiger partial charge on any atom is -0.313 e. The average Bonchev–Trinajstić information content (AvgIpc) is 2.49. The van der Waals surface area contributed by atoms with E-state index in [1.165, 1.54) is 37.7 Å². The molecule has 1 aromatic heterocycles. The molecule has 0 spiro atoms. The normalized spacial score (nSPS) is 24.5. The molecule has 1 heterocycles. The zero-order valence-corrected chi connectivity index (χ0v) is 14.2. The summed E-state index contributed by atoms with van der Waals surface area (Å²) in [7, 11) is 0. The van der Waals surface area contributed by atoms with Crippen LogP contribution in [0.3, 0.4) is 0 Å². The van der Waals surface area contributed by atoms with Gasteiger partial charge in [0.1, 0.15) is 0 Å². The molecular formula is C19H32N2. The van der Waals surface area contributed by atoms with Gasteiger partial charge in [-0.15, -0.1) is 0 Å². The molecule has 1 N–H and O–H groups in total. The van der Waals surface area contributed by atoms with E-state index >= 15 is 0 Å². The van der Waals surface area contributed by atoms with Gasteiger partial charge in [0.25, 0.3) is 0 Å². The van der Waals surface area contributed by atoms with Crippen molar-refractivity contribution in [3.05, 3.63) is 30.1 Å². The minimum absolute atomic E-state index is 0.449. The van der Waals surface area contributed by atoms with E-state index in [4.69, 9.17) is 0 Å². The maximum atomic E-state index is 4.17. The smallest absolute Gasteiger partial charge is 0.0270 e. The molecule has 0 saturated heterocycles. The van der Waals surface area contributed by atoms with E-state index in [0.717, 1.165) is 12.5 Å². The topological polar surface area (TPSA) is 24.9 Å². The molecule has 1 fully saturated rings. The van der Waals surface area contributed by atoms with Gasteiger partial charge < -0.3 is 5.32 Å². The second kappa shape index (κ2) is 7.40. The summed E-state index contributed by atoms with van der Waals surface area (Å²) in [6.45, 7) is 10.7. The lowest BCUT2D eigenvalue weighted by atomic mass is 9.63. The van der Waals surface area contributed by atoms with Crippen LogP contribution < -0.4 is 5.32 Å². The third-order valence-corrected chi connectivity index (χ3v) is 5.42. The predicted molar refractivity (Wildman–Crippen MR) is 90.5 cm³/mol. The fraction of sp³-hybridized carbons (Fsp3) is 0.737. The molecule has 1 saturated carbocycles. The van der Waals surface area contributed by atoms with Crippen molar-refractivity contribution in [2.24, 2.45) is 11.3 Å². The van der Waals surface area contributed by atoms with E-state index < -0.39 is 0 Å². The minimum atomic E-state index is 0.449. The van der Waals surface area contributed by atoms with Crippen LogP contribution >= 0.6 is 0 Å². The van der Waals surface area contributed by atoms with E-state index in [1.54, 1.807) is 0 Å². The fourth-order valence-electron chi connectivity index (χ4n) is 4.04. The van der Waals surface area contributed by atoms with Crippen LogP contribution in [0.15, 0.2) is 24.5 Å². The maximum absolute atomic E-state index is 4.17. The second-order valence-electron chi connectivity index (χ2n) is 7.39. The maximum Gasteiger partial charge on any atom is 0.0270 e. The lowest BCUT2D eigenvalue weighted by Crippen LogP contribution is -2.47. The molecule has 1 aliphatic rings. The van der Waals surface area contributed by atoms with Crippen molar-refractivity contribution < 1.29 is 0 Å². The zero-order valence-electron chi connectivity index (χ0n) is 14.2. The molecule has 3 unspecified atom stereocenters. The Bertz CT molecular complexity index is 413. The fourth-order valence-corrected chi connectivity index (χ4v) is 4.04. The molecule has 2 heteroatoms. The van der Waals surface area contributed by atoms with Crippen molar-refractivity contribution in [2.75, 3.05) is 6.54 Å². The first-order chi connectivity index (χ1) is 10.1. The quantitative estimate of drug-likeness (QED) is 0.815. The number of hydrogen-bond acceptors (Lipinski definition) is 2. The van der Waals surface area contributed by atoms with Gasteiger partial charge in [-0.1, -0.05) is 40.5 Å². The molecule has 2 nitrogen and oxygen atoms in total. The molecule has 1 aliphatic carbocycles. The van der Waals surface area contributed by atoms with Crippen LogP contribution in [0.2, 0.25) is 0 Å². The number of rotatable bonds is 6. The third kappa shape index (κ3) is 4.06. The number of nitrogens with zero attached hydrogens (tertiary/aromatic N) is 1. The van der Waals surface area contributed by atoms with Crippen molar-refractivity contribution in [1.82, 2.24) is 10.3 Å². The van der Waals surface area contributed by atoms with Gasteiger partial charge in [0.15, 0.2) is 0 Å². The number of hydrogen-bond donors (Lipinski definition) is 1. The molecule has 3 atom stereocenters. The Morgan fingerprint density at radius 2 is 2.00 bits per heavy atom. The first-order valence-electron chi connectivity index (χ1n) is 8.69. The van der Waals surface area contributed by atoms with Crippen molar-refractivity contribution in [3.63, 3.8) is 0 Å². The lowest BCUT2D eigenvalue weighted by Gasteiger charge is -2.45. The Morgan fingerprint density at radius 3 is 2.62 bits per heavy atom. The highest BCUT2D eigenvalue weighted by Gasteiger charge is 2.39. The second-order valence-corrected chi connectivity index (χ2v) is 7.39. The SMILES string of the molecule is CCCNC(C(C)c1ccncc1)C1CCCCC1(C)C. The van der Waals surface area contributed by atoms with Crippen molar-refractivity contribution in [1.29, 1.82) is 0 Å². The van der Waals surface area contributed by atoms with E-state index in [-0.39, 0.29) is 0 Å². The van der Waals surface area contributed by atoms with Crippen LogP contribution in [0.4, 0.5) is 0 Å². The van der Waals surface area contributed by atoms with Crippen LogP contribution in [0.25, 0.3) is 0 Å². The Hall–Kier alpha value is -0.890. The highest BCUT2D eigenvalue weighted by molar-refractivity contribution is 5.18. The standard InChI is InChI=1S/C19H32N2/c1-5-12-21-18(15(2)16-9-13-20-14-10-16)17-8-6-7-11-19(17,3)4/h9-10,13-15,17-18,21H,5-8,11-12H2,1-4H3. The van der Waals surface area contributed by atoms with Crippen molar-refractivity contribution in [3.8, 4) is 0 Å². The molecule has 0 aliphatic heterocycles. The number of nitrogens with one attached hydrogen (secondary N) is 1.